The average molecular weight is 345 g/mol. The highest BCUT2D eigenvalue weighted by atomic mass is 32.2. The van der Waals surface area contributed by atoms with Crippen LogP contribution in [0, 0.1) is 5.92 Å². The summed E-state index contributed by atoms with van der Waals surface area (Å²) in [5, 5.41) is 3.06. The summed E-state index contributed by atoms with van der Waals surface area (Å²) in [7, 11) is -3.08. The molecule has 5 heteroatoms. The van der Waals surface area contributed by atoms with Crippen molar-refractivity contribution in [3.8, 4) is 0 Å². The molecule has 0 aliphatic rings. The Labute approximate surface area is 143 Å². The van der Waals surface area contributed by atoms with E-state index in [0.29, 0.717) is 11.1 Å². The van der Waals surface area contributed by atoms with E-state index in [0.717, 1.165) is 5.56 Å². The quantitative estimate of drug-likeness (QED) is 0.873. The van der Waals surface area contributed by atoms with Gasteiger partial charge in [-0.1, -0.05) is 56.3 Å². The molecule has 1 N–H and O–H groups in total. The highest BCUT2D eigenvalue weighted by molar-refractivity contribution is 7.89. The lowest BCUT2D eigenvalue weighted by Crippen LogP contribution is -2.31. The fourth-order valence-electron chi connectivity index (χ4n) is 2.57. The van der Waals surface area contributed by atoms with Crippen molar-refractivity contribution in [2.24, 2.45) is 5.92 Å². The first-order valence-electron chi connectivity index (χ1n) is 7.89. The summed E-state index contributed by atoms with van der Waals surface area (Å²) in [5.41, 5.74) is 2.26. The molecule has 0 aliphatic heterocycles. The van der Waals surface area contributed by atoms with Gasteiger partial charge in [0, 0.05) is 11.8 Å². The van der Waals surface area contributed by atoms with Gasteiger partial charge in [0.15, 0.2) is 9.84 Å². The van der Waals surface area contributed by atoms with E-state index < -0.39 is 9.84 Å². The Kier molecular flexibility index (Phi) is 5.78. The number of carbonyl (C=O) groups is 1. The Balaban J connectivity index is 2.13. The van der Waals surface area contributed by atoms with E-state index in [4.69, 9.17) is 0 Å². The molecule has 2 rings (SSSR count). The summed E-state index contributed by atoms with van der Waals surface area (Å²) in [6.45, 7) is 4.13. The van der Waals surface area contributed by atoms with Crippen LogP contribution in [0.2, 0.25) is 0 Å². The maximum absolute atomic E-state index is 12.5. The van der Waals surface area contributed by atoms with Crippen LogP contribution in [0.25, 0.3) is 0 Å². The van der Waals surface area contributed by atoms with Gasteiger partial charge in [-0.25, -0.2) is 8.42 Å². The molecule has 0 fully saturated rings. The third-order valence-corrected chi connectivity index (χ3v) is 4.61. The second-order valence-corrected chi connectivity index (χ2v) is 8.51. The third-order valence-electron chi connectivity index (χ3n) is 3.76. The number of sulfone groups is 1. The lowest BCUT2D eigenvalue weighted by Gasteiger charge is -2.23. The number of rotatable bonds is 6. The van der Waals surface area contributed by atoms with Crippen molar-refractivity contribution in [3.05, 3.63) is 71.3 Å². The summed E-state index contributed by atoms with van der Waals surface area (Å²) in [4.78, 5) is 12.5. The summed E-state index contributed by atoms with van der Waals surface area (Å²) >= 11 is 0. The molecule has 1 unspecified atom stereocenters. The summed E-state index contributed by atoms with van der Waals surface area (Å²) in [5.74, 6) is 0.0670. The van der Waals surface area contributed by atoms with E-state index in [1.807, 2.05) is 30.3 Å². The van der Waals surface area contributed by atoms with Crippen molar-refractivity contribution >= 4 is 15.7 Å². The van der Waals surface area contributed by atoms with Crippen LogP contribution < -0.4 is 5.32 Å². The van der Waals surface area contributed by atoms with Crippen LogP contribution in [0.3, 0.4) is 0 Å². The van der Waals surface area contributed by atoms with Crippen molar-refractivity contribution < 1.29 is 13.2 Å². The van der Waals surface area contributed by atoms with Crippen LogP contribution >= 0.6 is 0 Å². The summed E-state index contributed by atoms with van der Waals surface area (Å²) < 4.78 is 22.6. The molecule has 0 heterocycles. The zero-order valence-electron chi connectivity index (χ0n) is 14.2. The molecule has 24 heavy (non-hydrogen) atoms. The van der Waals surface area contributed by atoms with Crippen molar-refractivity contribution in [1.82, 2.24) is 5.32 Å². The van der Waals surface area contributed by atoms with Crippen molar-refractivity contribution in [1.29, 1.82) is 0 Å². The fraction of sp³-hybridized carbons (Fsp3) is 0.316. The van der Waals surface area contributed by atoms with Gasteiger partial charge in [-0.2, -0.15) is 0 Å². The lowest BCUT2D eigenvalue weighted by molar-refractivity contribution is 0.0925. The number of hydrogen-bond acceptors (Lipinski definition) is 3. The smallest absolute Gasteiger partial charge is 0.251 e. The minimum atomic E-state index is -3.08. The highest BCUT2D eigenvalue weighted by Crippen LogP contribution is 2.22. The molecular weight excluding hydrogens is 322 g/mol. The van der Waals surface area contributed by atoms with E-state index in [9.17, 15) is 13.2 Å². The molecule has 128 valence electrons. The van der Waals surface area contributed by atoms with Gasteiger partial charge in [0.05, 0.1) is 11.8 Å². The molecule has 1 atom stereocenters. The van der Waals surface area contributed by atoms with Crippen LogP contribution in [0.1, 0.15) is 41.4 Å². The SMILES string of the molecule is CC(C)C(NC(=O)c1ccc(CS(C)(=O)=O)cc1)c1ccccc1. The number of nitrogens with one attached hydrogen (secondary N) is 1. The number of carbonyl (C=O) groups excluding carboxylic acids is 1. The number of amides is 1. The van der Waals surface area contributed by atoms with Gasteiger partial charge in [0.1, 0.15) is 0 Å². The summed E-state index contributed by atoms with van der Waals surface area (Å²) in [6.07, 6.45) is 1.20. The van der Waals surface area contributed by atoms with Crippen molar-refractivity contribution in [2.45, 2.75) is 25.6 Å². The molecule has 0 aromatic heterocycles. The second kappa shape index (κ2) is 7.62. The van der Waals surface area contributed by atoms with Gasteiger partial charge < -0.3 is 5.32 Å². The van der Waals surface area contributed by atoms with Gasteiger partial charge >= 0.3 is 0 Å². The first-order valence-corrected chi connectivity index (χ1v) is 9.95. The predicted octanol–water partition coefficient (Wildman–Crippen LogP) is 3.36. The Morgan fingerprint density at radius 3 is 2.08 bits per heavy atom. The molecule has 0 bridgehead atoms. The standard InChI is InChI=1S/C19H23NO3S/c1-14(2)18(16-7-5-4-6-8-16)20-19(21)17-11-9-15(10-12-17)13-24(3,22)23/h4-12,14,18H,13H2,1-3H3,(H,20,21). The van der Waals surface area contributed by atoms with Gasteiger partial charge in [0.25, 0.3) is 5.91 Å². The largest absolute Gasteiger partial charge is 0.345 e. The van der Waals surface area contributed by atoms with Crippen LogP contribution in [-0.2, 0) is 15.6 Å². The first kappa shape index (κ1) is 18.2. The van der Waals surface area contributed by atoms with Gasteiger partial charge in [0.2, 0.25) is 0 Å². The van der Waals surface area contributed by atoms with E-state index in [1.165, 1.54) is 6.26 Å². The van der Waals surface area contributed by atoms with Crippen molar-refractivity contribution in [2.75, 3.05) is 6.26 Å². The van der Waals surface area contributed by atoms with Gasteiger partial charge in [-0.3, -0.25) is 4.79 Å². The predicted molar refractivity (Wildman–Crippen MR) is 96.5 cm³/mol. The molecule has 0 spiro atoms. The molecule has 4 nitrogen and oxygen atoms in total. The van der Waals surface area contributed by atoms with E-state index >= 15 is 0 Å². The molecule has 2 aromatic carbocycles. The normalized spacial score (nSPS) is 12.8. The number of benzene rings is 2. The average Bonchev–Trinajstić information content (AvgIpc) is 2.52. The molecule has 2 aromatic rings. The topological polar surface area (TPSA) is 63.2 Å². The van der Waals surface area contributed by atoms with Gasteiger partial charge in [-0.15, -0.1) is 0 Å². The maximum Gasteiger partial charge on any atom is 0.251 e. The monoisotopic (exact) mass is 345 g/mol. The number of hydrogen-bond donors (Lipinski definition) is 1. The molecule has 0 saturated heterocycles. The maximum atomic E-state index is 12.5. The molecular formula is C19H23NO3S. The van der Waals surface area contributed by atoms with E-state index in [-0.39, 0.29) is 23.6 Å². The van der Waals surface area contributed by atoms with Crippen molar-refractivity contribution in [3.63, 3.8) is 0 Å². The summed E-state index contributed by atoms with van der Waals surface area (Å²) in [6, 6.07) is 16.5. The second-order valence-electron chi connectivity index (χ2n) is 6.37. The van der Waals surface area contributed by atoms with Crippen LogP contribution in [0.15, 0.2) is 54.6 Å². The Hall–Kier alpha value is -2.14. The van der Waals surface area contributed by atoms with E-state index in [2.05, 4.69) is 19.2 Å². The minimum absolute atomic E-state index is 0.0203. The van der Waals surface area contributed by atoms with Crippen LogP contribution in [0.5, 0.6) is 0 Å². The molecule has 0 saturated carbocycles. The zero-order chi connectivity index (χ0) is 17.7. The Morgan fingerprint density at radius 2 is 1.58 bits per heavy atom. The van der Waals surface area contributed by atoms with Crippen LogP contribution in [-0.4, -0.2) is 20.6 Å². The molecule has 1 amide bonds. The zero-order valence-corrected chi connectivity index (χ0v) is 15.0. The van der Waals surface area contributed by atoms with E-state index in [1.54, 1.807) is 24.3 Å². The highest BCUT2D eigenvalue weighted by Gasteiger charge is 2.19. The molecule has 0 radical (unpaired) electrons. The Bertz CT molecular complexity index is 781. The lowest BCUT2D eigenvalue weighted by atomic mass is 9.95. The first-order chi connectivity index (χ1) is 11.3. The Morgan fingerprint density at radius 1 is 1.00 bits per heavy atom. The fourth-order valence-corrected chi connectivity index (χ4v) is 3.37. The van der Waals surface area contributed by atoms with Crippen LogP contribution in [0.4, 0.5) is 0 Å². The molecule has 0 aliphatic carbocycles. The third kappa shape index (κ3) is 5.20. The van der Waals surface area contributed by atoms with Gasteiger partial charge in [-0.05, 0) is 29.2 Å². The minimum Gasteiger partial charge on any atom is -0.345 e.